The SMILES string of the molecule is CCOC(=O)C(c1ccccc1C)C(O)[C@](C#CO[C@H](C)c1cc(C(F)(F)F)cc(C(F)(F)F)c1)(NC(=O)OC(C)(C)C)c1ccccc1. The number of aryl methyl sites for hydroxylation is 1. The van der Waals surface area contributed by atoms with E-state index in [1.54, 1.807) is 77.1 Å². The van der Waals surface area contributed by atoms with E-state index >= 15 is 0 Å². The highest BCUT2D eigenvalue weighted by molar-refractivity contribution is 5.81. The van der Waals surface area contributed by atoms with Crippen molar-refractivity contribution in [2.24, 2.45) is 0 Å². The molecule has 0 radical (unpaired) electrons. The maximum absolute atomic E-state index is 13.5. The molecular formula is C36H37F6NO6. The number of hydrogen-bond donors (Lipinski definition) is 2. The number of alkyl halides is 6. The number of hydrogen-bond acceptors (Lipinski definition) is 6. The standard InChI is InChI=1S/C36H37F6NO6/c1-7-47-31(45)29(28-16-12-11-13-22(28)2)30(44)34(25-14-9-8-10-15-25,43-32(46)49-33(4,5)6)17-18-48-23(3)24-19-26(35(37,38)39)21-27(20-24)36(40,41)42/h8-16,19-21,23,29-30,44H,7H2,1-6H3,(H,43,46)/t23-,29?,30?,34-/m1/s1. The number of carbonyl (C=O) groups excluding carboxylic acids is 2. The topological polar surface area (TPSA) is 94.1 Å². The summed E-state index contributed by atoms with van der Waals surface area (Å²) in [7, 11) is 0. The molecule has 0 saturated heterocycles. The Morgan fingerprint density at radius 1 is 0.857 bits per heavy atom. The van der Waals surface area contributed by atoms with E-state index in [-0.39, 0.29) is 18.2 Å². The fourth-order valence-corrected chi connectivity index (χ4v) is 4.98. The van der Waals surface area contributed by atoms with Crippen LogP contribution in [0.5, 0.6) is 0 Å². The minimum absolute atomic E-state index is 0.00939. The summed E-state index contributed by atoms with van der Waals surface area (Å²) in [5, 5.41) is 14.8. The molecule has 4 atom stereocenters. The minimum atomic E-state index is -5.09. The number of carbonyl (C=O) groups is 2. The van der Waals surface area contributed by atoms with Crippen LogP contribution in [0.15, 0.2) is 72.8 Å². The van der Waals surface area contributed by atoms with Crippen molar-refractivity contribution in [1.29, 1.82) is 0 Å². The quantitative estimate of drug-likeness (QED) is 0.133. The summed E-state index contributed by atoms with van der Waals surface area (Å²) in [6, 6.07) is 15.4. The van der Waals surface area contributed by atoms with Gasteiger partial charge in [0.25, 0.3) is 0 Å². The van der Waals surface area contributed by atoms with Crippen LogP contribution in [0.1, 0.15) is 80.0 Å². The lowest BCUT2D eigenvalue weighted by Crippen LogP contribution is -2.57. The number of nitrogens with one attached hydrogen (secondary N) is 1. The molecule has 3 aromatic rings. The molecule has 49 heavy (non-hydrogen) atoms. The summed E-state index contributed by atoms with van der Waals surface area (Å²) < 4.78 is 97.5. The monoisotopic (exact) mass is 693 g/mol. The number of aliphatic hydroxyl groups excluding tert-OH is 1. The van der Waals surface area contributed by atoms with Crippen LogP contribution < -0.4 is 5.32 Å². The first-order valence-corrected chi connectivity index (χ1v) is 15.1. The van der Waals surface area contributed by atoms with Gasteiger partial charge in [0.2, 0.25) is 0 Å². The Bertz CT molecular complexity index is 1640. The van der Waals surface area contributed by atoms with Crippen LogP contribution >= 0.6 is 0 Å². The van der Waals surface area contributed by atoms with Crippen LogP contribution in [-0.2, 0) is 36.9 Å². The van der Waals surface area contributed by atoms with E-state index in [1.807, 2.05) is 0 Å². The van der Waals surface area contributed by atoms with Crippen molar-refractivity contribution in [2.45, 2.75) is 83.2 Å². The van der Waals surface area contributed by atoms with Gasteiger partial charge in [-0.2, -0.15) is 26.3 Å². The Morgan fingerprint density at radius 3 is 1.92 bits per heavy atom. The van der Waals surface area contributed by atoms with E-state index in [0.29, 0.717) is 23.3 Å². The fraction of sp³-hybridized carbons (Fsp3) is 0.389. The van der Waals surface area contributed by atoms with Gasteiger partial charge in [0.1, 0.15) is 29.8 Å². The van der Waals surface area contributed by atoms with Crippen LogP contribution in [0, 0.1) is 19.0 Å². The number of rotatable bonds is 9. The number of amides is 1. The first-order chi connectivity index (χ1) is 22.7. The van der Waals surface area contributed by atoms with Crippen molar-refractivity contribution >= 4 is 12.1 Å². The highest BCUT2D eigenvalue weighted by atomic mass is 19.4. The maximum atomic E-state index is 13.5. The first kappa shape index (κ1) is 38.7. The zero-order valence-electron chi connectivity index (χ0n) is 27.6. The number of alkyl carbamates (subject to hydrolysis) is 1. The molecule has 2 unspecified atom stereocenters. The predicted octanol–water partition coefficient (Wildman–Crippen LogP) is 8.20. The van der Waals surface area contributed by atoms with Crippen LogP contribution in [0.2, 0.25) is 0 Å². The maximum Gasteiger partial charge on any atom is 0.416 e. The Morgan fingerprint density at radius 2 is 1.41 bits per heavy atom. The van der Waals surface area contributed by atoms with Gasteiger partial charge in [-0.15, -0.1) is 0 Å². The van der Waals surface area contributed by atoms with Crippen molar-refractivity contribution in [1.82, 2.24) is 5.32 Å². The van der Waals surface area contributed by atoms with Gasteiger partial charge in [0, 0.05) is 0 Å². The summed E-state index contributed by atoms with van der Waals surface area (Å²) >= 11 is 0. The van der Waals surface area contributed by atoms with E-state index in [0.717, 1.165) is 0 Å². The lowest BCUT2D eigenvalue weighted by Gasteiger charge is -2.38. The van der Waals surface area contributed by atoms with Crippen molar-refractivity contribution in [2.75, 3.05) is 6.61 Å². The third-order valence-corrected chi connectivity index (χ3v) is 7.31. The minimum Gasteiger partial charge on any atom is -0.465 e. The molecule has 0 aliphatic rings. The Hall–Kier alpha value is -4.70. The lowest BCUT2D eigenvalue weighted by molar-refractivity contribution is -0.149. The van der Waals surface area contributed by atoms with Gasteiger partial charge in [0.15, 0.2) is 5.54 Å². The van der Waals surface area contributed by atoms with E-state index in [4.69, 9.17) is 14.2 Å². The molecule has 3 aromatic carbocycles. The Balaban J connectivity index is 2.26. The molecular weight excluding hydrogens is 656 g/mol. The smallest absolute Gasteiger partial charge is 0.416 e. The third-order valence-electron chi connectivity index (χ3n) is 7.31. The number of benzene rings is 3. The lowest BCUT2D eigenvalue weighted by atomic mass is 9.75. The molecule has 0 fully saturated rings. The van der Waals surface area contributed by atoms with Crippen molar-refractivity contribution in [3.05, 3.63) is 106 Å². The molecule has 0 saturated carbocycles. The van der Waals surface area contributed by atoms with E-state index in [2.05, 4.69) is 17.3 Å². The Labute approximate surface area is 280 Å². The molecule has 0 aromatic heterocycles. The largest absolute Gasteiger partial charge is 0.465 e. The molecule has 7 nitrogen and oxygen atoms in total. The van der Waals surface area contributed by atoms with Gasteiger partial charge in [-0.3, -0.25) is 10.1 Å². The van der Waals surface area contributed by atoms with Gasteiger partial charge in [-0.05, 0) is 87.9 Å². The molecule has 0 bridgehead atoms. The first-order valence-electron chi connectivity index (χ1n) is 15.1. The van der Waals surface area contributed by atoms with Gasteiger partial charge in [-0.1, -0.05) is 54.6 Å². The summed E-state index contributed by atoms with van der Waals surface area (Å²) in [4.78, 5) is 26.9. The highest BCUT2D eigenvalue weighted by Gasteiger charge is 2.49. The number of aliphatic hydroxyl groups is 1. The molecule has 0 heterocycles. The van der Waals surface area contributed by atoms with Gasteiger partial charge in [-0.25, -0.2) is 4.79 Å². The normalized spacial score (nSPS) is 15.0. The molecule has 264 valence electrons. The molecule has 2 N–H and O–H groups in total. The molecule has 13 heteroatoms. The van der Waals surface area contributed by atoms with E-state index in [1.165, 1.54) is 19.1 Å². The predicted molar refractivity (Wildman–Crippen MR) is 168 cm³/mol. The molecule has 0 aliphatic heterocycles. The second-order valence-corrected chi connectivity index (χ2v) is 12.2. The van der Waals surface area contributed by atoms with Crippen LogP contribution in [0.25, 0.3) is 0 Å². The zero-order valence-corrected chi connectivity index (χ0v) is 27.6. The van der Waals surface area contributed by atoms with Gasteiger partial charge < -0.3 is 19.3 Å². The highest BCUT2D eigenvalue weighted by Crippen LogP contribution is 2.39. The van der Waals surface area contributed by atoms with Gasteiger partial charge >= 0.3 is 24.4 Å². The average molecular weight is 694 g/mol. The molecule has 3 rings (SSSR count). The molecule has 0 spiro atoms. The third kappa shape index (κ3) is 9.92. The summed E-state index contributed by atoms with van der Waals surface area (Å²) in [6.07, 6.45) is -12.4. The number of esters is 1. The summed E-state index contributed by atoms with van der Waals surface area (Å²) in [6.45, 7) is 9.14. The van der Waals surface area contributed by atoms with E-state index < -0.39 is 70.4 Å². The summed E-state index contributed by atoms with van der Waals surface area (Å²) in [5.41, 5.74) is -5.79. The van der Waals surface area contributed by atoms with Crippen LogP contribution in [0.3, 0.4) is 0 Å². The summed E-state index contributed by atoms with van der Waals surface area (Å²) in [5.74, 6) is 0.300. The van der Waals surface area contributed by atoms with E-state index in [9.17, 15) is 41.0 Å². The van der Waals surface area contributed by atoms with Crippen molar-refractivity contribution < 1.29 is 55.2 Å². The fourth-order valence-electron chi connectivity index (χ4n) is 4.98. The van der Waals surface area contributed by atoms with Crippen molar-refractivity contribution in [3.63, 3.8) is 0 Å². The molecule has 0 aliphatic carbocycles. The second kappa shape index (κ2) is 15.2. The number of halogens is 6. The Kier molecular flexibility index (Phi) is 12.1. The number of ether oxygens (including phenoxy) is 3. The molecule has 1 amide bonds. The second-order valence-electron chi connectivity index (χ2n) is 12.2. The van der Waals surface area contributed by atoms with Crippen LogP contribution in [-0.4, -0.2) is 35.5 Å². The average Bonchev–Trinajstić information content (AvgIpc) is 3.00. The zero-order chi connectivity index (χ0) is 36.8. The van der Waals surface area contributed by atoms with Crippen molar-refractivity contribution in [3.8, 4) is 12.0 Å². The van der Waals surface area contributed by atoms with Gasteiger partial charge in [0.05, 0.1) is 17.7 Å². The van der Waals surface area contributed by atoms with Crippen LogP contribution in [0.4, 0.5) is 31.1 Å².